The summed E-state index contributed by atoms with van der Waals surface area (Å²) in [6.45, 7) is 5.03. The monoisotopic (exact) mass is 317 g/mol. The normalized spacial score (nSPS) is 11.9. The summed E-state index contributed by atoms with van der Waals surface area (Å²) in [4.78, 5) is 8.59. The van der Waals surface area contributed by atoms with Gasteiger partial charge in [0.25, 0.3) is 0 Å². The zero-order valence-corrected chi connectivity index (χ0v) is 13.7. The van der Waals surface area contributed by atoms with Crippen molar-refractivity contribution < 1.29 is 9.26 Å². The van der Waals surface area contributed by atoms with E-state index in [1.807, 2.05) is 38.1 Å². The van der Waals surface area contributed by atoms with Crippen LogP contribution in [-0.4, -0.2) is 29.8 Å². The standard InChI is InChI=1S/C16H23N5O2/c1-11(2)15-20-14(23-21-15)8-9-18-16(17)19-13-7-5-4-6-12(13)10-22-3/h4-7,11H,8-10H2,1-3H3,(H3,17,18,19). The first-order valence-corrected chi connectivity index (χ1v) is 7.56. The average molecular weight is 317 g/mol. The van der Waals surface area contributed by atoms with Gasteiger partial charge in [0, 0.05) is 30.7 Å². The lowest BCUT2D eigenvalue weighted by atomic mass is 10.2. The van der Waals surface area contributed by atoms with E-state index in [4.69, 9.17) is 15.0 Å². The number of rotatable bonds is 7. The molecule has 0 aliphatic heterocycles. The highest BCUT2D eigenvalue weighted by Gasteiger charge is 2.09. The van der Waals surface area contributed by atoms with Crippen LogP contribution in [-0.2, 0) is 17.8 Å². The summed E-state index contributed by atoms with van der Waals surface area (Å²) in [6, 6.07) is 7.80. The van der Waals surface area contributed by atoms with Crippen molar-refractivity contribution in [1.29, 1.82) is 0 Å². The predicted octanol–water partition coefficient (Wildman–Crippen LogP) is 2.31. The third-order valence-corrected chi connectivity index (χ3v) is 3.19. The Kier molecular flexibility index (Phi) is 6.10. The maximum absolute atomic E-state index is 5.92. The van der Waals surface area contributed by atoms with E-state index in [0.29, 0.717) is 37.2 Å². The van der Waals surface area contributed by atoms with Gasteiger partial charge in [-0.2, -0.15) is 4.98 Å². The molecule has 0 bridgehead atoms. The first-order chi connectivity index (χ1) is 11.1. The number of hydrogen-bond donors (Lipinski definition) is 2. The van der Waals surface area contributed by atoms with E-state index in [0.717, 1.165) is 11.3 Å². The maximum Gasteiger partial charge on any atom is 0.228 e. The van der Waals surface area contributed by atoms with Crippen LogP contribution in [0.25, 0.3) is 0 Å². The van der Waals surface area contributed by atoms with Gasteiger partial charge in [-0.1, -0.05) is 37.2 Å². The van der Waals surface area contributed by atoms with Crippen LogP contribution in [0.5, 0.6) is 0 Å². The zero-order chi connectivity index (χ0) is 16.7. The quantitative estimate of drug-likeness (QED) is 0.600. The Hall–Kier alpha value is -2.41. The predicted molar refractivity (Wildman–Crippen MR) is 89.4 cm³/mol. The van der Waals surface area contributed by atoms with Gasteiger partial charge in [-0.3, -0.25) is 4.99 Å². The summed E-state index contributed by atoms with van der Waals surface area (Å²) in [5.74, 6) is 1.88. The average Bonchev–Trinajstić information content (AvgIpc) is 2.99. The highest BCUT2D eigenvalue weighted by molar-refractivity contribution is 5.92. The lowest BCUT2D eigenvalue weighted by Crippen LogP contribution is -2.23. The number of ether oxygens (including phenoxy) is 1. The van der Waals surface area contributed by atoms with Gasteiger partial charge in [0.05, 0.1) is 13.2 Å². The molecule has 0 atom stereocenters. The molecule has 2 aromatic rings. The molecule has 7 heteroatoms. The van der Waals surface area contributed by atoms with Gasteiger partial charge in [0.15, 0.2) is 11.8 Å². The van der Waals surface area contributed by atoms with E-state index in [2.05, 4.69) is 20.4 Å². The van der Waals surface area contributed by atoms with Crippen LogP contribution in [0.1, 0.15) is 37.0 Å². The van der Waals surface area contributed by atoms with Gasteiger partial charge in [-0.15, -0.1) is 0 Å². The summed E-state index contributed by atoms with van der Waals surface area (Å²) >= 11 is 0. The molecule has 0 spiro atoms. The van der Waals surface area contributed by atoms with E-state index < -0.39 is 0 Å². The van der Waals surface area contributed by atoms with E-state index in [1.54, 1.807) is 7.11 Å². The summed E-state index contributed by atoms with van der Waals surface area (Å²) in [5.41, 5.74) is 7.82. The Morgan fingerprint density at radius 1 is 1.39 bits per heavy atom. The fourth-order valence-electron chi connectivity index (χ4n) is 1.98. The van der Waals surface area contributed by atoms with Gasteiger partial charge in [0.2, 0.25) is 5.89 Å². The highest BCUT2D eigenvalue weighted by Crippen LogP contribution is 2.15. The summed E-state index contributed by atoms with van der Waals surface area (Å²) in [6.07, 6.45) is 0.557. The molecule has 1 heterocycles. The number of nitrogens with two attached hydrogens (primary N) is 1. The molecular weight excluding hydrogens is 294 g/mol. The van der Waals surface area contributed by atoms with Crippen molar-refractivity contribution in [3.05, 3.63) is 41.5 Å². The molecule has 2 rings (SSSR count). The first-order valence-electron chi connectivity index (χ1n) is 7.56. The molecular formula is C16H23N5O2. The number of guanidine groups is 1. The van der Waals surface area contributed by atoms with Crippen LogP contribution in [0.3, 0.4) is 0 Å². The number of para-hydroxylation sites is 1. The molecule has 0 saturated carbocycles. The van der Waals surface area contributed by atoms with Crippen LogP contribution in [0, 0.1) is 0 Å². The third-order valence-electron chi connectivity index (χ3n) is 3.19. The third kappa shape index (κ3) is 5.07. The molecule has 0 aliphatic carbocycles. The Bertz CT molecular complexity index is 651. The fraction of sp³-hybridized carbons (Fsp3) is 0.438. The molecule has 1 aromatic heterocycles. The van der Waals surface area contributed by atoms with E-state index in [9.17, 15) is 0 Å². The van der Waals surface area contributed by atoms with Crippen molar-refractivity contribution in [2.45, 2.75) is 32.8 Å². The van der Waals surface area contributed by atoms with Crippen molar-refractivity contribution in [2.75, 3.05) is 19.0 Å². The van der Waals surface area contributed by atoms with Gasteiger partial charge in [-0.25, -0.2) is 0 Å². The molecule has 0 amide bonds. The summed E-state index contributed by atoms with van der Waals surface area (Å²) < 4.78 is 10.3. The highest BCUT2D eigenvalue weighted by atomic mass is 16.5. The lowest BCUT2D eigenvalue weighted by molar-refractivity contribution is 0.185. The molecule has 7 nitrogen and oxygen atoms in total. The number of nitrogens with one attached hydrogen (secondary N) is 1. The van der Waals surface area contributed by atoms with Gasteiger partial charge >= 0.3 is 0 Å². The fourth-order valence-corrected chi connectivity index (χ4v) is 1.98. The van der Waals surface area contributed by atoms with Crippen LogP contribution < -0.4 is 11.1 Å². The maximum atomic E-state index is 5.92. The molecule has 124 valence electrons. The molecule has 0 fully saturated rings. The summed E-state index contributed by atoms with van der Waals surface area (Å²) in [7, 11) is 1.66. The van der Waals surface area contributed by atoms with Gasteiger partial charge < -0.3 is 20.3 Å². The van der Waals surface area contributed by atoms with Crippen LogP contribution in [0.2, 0.25) is 0 Å². The lowest BCUT2D eigenvalue weighted by Gasteiger charge is -2.10. The number of methoxy groups -OCH3 is 1. The molecule has 0 unspecified atom stereocenters. The number of aromatic nitrogens is 2. The van der Waals surface area contributed by atoms with Crippen molar-refractivity contribution in [3.63, 3.8) is 0 Å². The largest absolute Gasteiger partial charge is 0.380 e. The molecule has 0 radical (unpaired) electrons. The minimum atomic E-state index is 0.250. The van der Waals surface area contributed by atoms with Crippen LogP contribution in [0.15, 0.2) is 33.8 Å². The second kappa shape index (κ2) is 8.28. The Labute approximate surface area is 135 Å². The van der Waals surface area contributed by atoms with Crippen molar-refractivity contribution >= 4 is 11.6 Å². The van der Waals surface area contributed by atoms with E-state index in [-0.39, 0.29) is 5.92 Å². The van der Waals surface area contributed by atoms with Crippen molar-refractivity contribution in [1.82, 2.24) is 10.1 Å². The number of anilines is 1. The second-order valence-corrected chi connectivity index (χ2v) is 5.43. The Balaban J connectivity index is 1.90. The Morgan fingerprint density at radius 3 is 2.87 bits per heavy atom. The van der Waals surface area contributed by atoms with Gasteiger partial charge in [-0.05, 0) is 6.07 Å². The number of benzene rings is 1. The molecule has 3 N–H and O–H groups in total. The van der Waals surface area contributed by atoms with Crippen LogP contribution >= 0.6 is 0 Å². The SMILES string of the molecule is COCc1ccccc1NC(N)=NCCc1nc(C(C)C)no1. The van der Waals surface area contributed by atoms with Crippen molar-refractivity contribution in [3.8, 4) is 0 Å². The smallest absolute Gasteiger partial charge is 0.228 e. The first kappa shape index (κ1) is 17.0. The minimum absolute atomic E-state index is 0.250. The van der Waals surface area contributed by atoms with Crippen molar-refractivity contribution in [2.24, 2.45) is 10.7 Å². The Morgan fingerprint density at radius 2 is 2.17 bits per heavy atom. The van der Waals surface area contributed by atoms with E-state index in [1.165, 1.54) is 0 Å². The molecule has 0 saturated heterocycles. The summed E-state index contributed by atoms with van der Waals surface area (Å²) in [5, 5.41) is 7.00. The number of hydrogen-bond acceptors (Lipinski definition) is 5. The molecule has 1 aromatic carbocycles. The van der Waals surface area contributed by atoms with Gasteiger partial charge in [0.1, 0.15) is 0 Å². The number of nitrogens with zero attached hydrogens (tertiary/aromatic N) is 3. The van der Waals surface area contributed by atoms with E-state index >= 15 is 0 Å². The zero-order valence-electron chi connectivity index (χ0n) is 13.7. The molecule has 23 heavy (non-hydrogen) atoms. The minimum Gasteiger partial charge on any atom is -0.380 e. The number of aliphatic imine (C=N–C) groups is 1. The topological polar surface area (TPSA) is 98.6 Å². The van der Waals surface area contributed by atoms with Crippen LogP contribution in [0.4, 0.5) is 5.69 Å². The second-order valence-electron chi connectivity index (χ2n) is 5.43. The molecule has 0 aliphatic rings.